The highest BCUT2D eigenvalue weighted by molar-refractivity contribution is 5.51. The van der Waals surface area contributed by atoms with Gasteiger partial charge in [-0.15, -0.1) is 0 Å². The summed E-state index contributed by atoms with van der Waals surface area (Å²) in [7, 11) is 0. The van der Waals surface area contributed by atoms with Crippen LogP contribution in [0, 0.1) is 13.8 Å². The number of pyridine rings is 1. The molecule has 3 heterocycles. The van der Waals surface area contributed by atoms with Gasteiger partial charge in [0.05, 0.1) is 17.1 Å². The highest BCUT2D eigenvalue weighted by atomic mass is 15.3. The van der Waals surface area contributed by atoms with Gasteiger partial charge in [0, 0.05) is 12.4 Å². The van der Waals surface area contributed by atoms with E-state index in [1.54, 1.807) is 6.20 Å². The summed E-state index contributed by atoms with van der Waals surface area (Å²) in [4.78, 5) is 4.25. The van der Waals surface area contributed by atoms with Crippen molar-refractivity contribution in [3.05, 3.63) is 42.0 Å². The maximum absolute atomic E-state index is 5.95. The van der Waals surface area contributed by atoms with E-state index < -0.39 is 0 Å². The van der Waals surface area contributed by atoms with Crippen molar-refractivity contribution in [2.24, 2.45) is 0 Å². The van der Waals surface area contributed by atoms with Crippen LogP contribution in [0.4, 0.5) is 5.69 Å². The first-order valence-corrected chi connectivity index (χ1v) is 5.42. The van der Waals surface area contributed by atoms with E-state index in [9.17, 15) is 0 Å². The van der Waals surface area contributed by atoms with Gasteiger partial charge in [0.25, 0.3) is 0 Å². The molecule has 0 spiro atoms. The number of hydrogen-bond acceptors (Lipinski definition) is 3. The molecule has 86 valence electrons. The Morgan fingerprint density at radius 2 is 2.06 bits per heavy atom. The Morgan fingerprint density at radius 1 is 1.24 bits per heavy atom. The van der Waals surface area contributed by atoms with Crippen LogP contribution in [0.3, 0.4) is 0 Å². The minimum Gasteiger partial charge on any atom is -0.396 e. The summed E-state index contributed by atoms with van der Waals surface area (Å²) in [5, 5.41) is 4.45. The molecular formula is C12H13N5. The standard InChI is InChI=1S/C12H13N5/c1-8-12(13)9(2)17(15-8)11-5-3-4-10-14-6-7-16(10)11/h3-7H,13H2,1-2H3. The summed E-state index contributed by atoms with van der Waals surface area (Å²) in [5.74, 6) is 0.942. The van der Waals surface area contributed by atoms with Gasteiger partial charge in [0.2, 0.25) is 0 Å². The van der Waals surface area contributed by atoms with Gasteiger partial charge in [-0.3, -0.25) is 4.40 Å². The van der Waals surface area contributed by atoms with Crippen LogP contribution >= 0.6 is 0 Å². The Bertz CT molecular complexity index is 692. The van der Waals surface area contributed by atoms with Crippen molar-refractivity contribution < 1.29 is 0 Å². The van der Waals surface area contributed by atoms with Gasteiger partial charge >= 0.3 is 0 Å². The van der Waals surface area contributed by atoms with Crippen LogP contribution in [0.15, 0.2) is 30.6 Å². The summed E-state index contributed by atoms with van der Waals surface area (Å²) < 4.78 is 3.83. The summed E-state index contributed by atoms with van der Waals surface area (Å²) in [6.07, 6.45) is 3.69. The molecule has 5 heteroatoms. The van der Waals surface area contributed by atoms with Crippen LogP contribution in [0.25, 0.3) is 11.5 Å². The van der Waals surface area contributed by atoms with Crippen LogP contribution in [-0.2, 0) is 0 Å². The number of anilines is 1. The Balaban J connectivity index is 2.34. The van der Waals surface area contributed by atoms with E-state index in [0.717, 1.165) is 28.5 Å². The number of imidazole rings is 1. The molecule has 0 aliphatic rings. The van der Waals surface area contributed by atoms with Gasteiger partial charge in [-0.2, -0.15) is 5.10 Å². The van der Waals surface area contributed by atoms with E-state index in [0.29, 0.717) is 0 Å². The lowest BCUT2D eigenvalue weighted by Gasteiger charge is -2.07. The minimum absolute atomic E-state index is 0.738. The lowest BCUT2D eigenvalue weighted by molar-refractivity contribution is 0.792. The molecule has 3 aromatic heterocycles. The van der Waals surface area contributed by atoms with Crippen molar-refractivity contribution in [2.45, 2.75) is 13.8 Å². The molecule has 0 aliphatic carbocycles. The second-order valence-electron chi connectivity index (χ2n) is 4.04. The maximum Gasteiger partial charge on any atom is 0.140 e. The second-order valence-corrected chi connectivity index (χ2v) is 4.04. The van der Waals surface area contributed by atoms with Crippen molar-refractivity contribution in [3.63, 3.8) is 0 Å². The van der Waals surface area contributed by atoms with Crippen LogP contribution in [-0.4, -0.2) is 19.2 Å². The smallest absolute Gasteiger partial charge is 0.140 e. The first-order chi connectivity index (χ1) is 8.18. The third-order valence-corrected chi connectivity index (χ3v) is 2.97. The normalized spacial score (nSPS) is 11.2. The fraction of sp³-hybridized carbons (Fsp3) is 0.167. The fourth-order valence-corrected chi connectivity index (χ4v) is 1.98. The van der Waals surface area contributed by atoms with E-state index in [-0.39, 0.29) is 0 Å². The lowest BCUT2D eigenvalue weighted by atomic mass is 10.3. The molecule has 0 unspecified atom stereocenters. The monoisotopic (exact) mass is 227 g/mol. The van der Waals surface area contributed by atoms with Gasteiger partial charge in [0.15, 0.2) is 0 Å². The number of aromatic nitrogens is 4. The third kappa shape index (κ3) is 1.32. The molecule has 0 bridgehead atoms. The zero-order chi connectivity index (χ0) is 12.0. The molecule has 0 amide bonds. The third-order valence-electron chi connectivity index (χ3n) is 2.97. The highest BCUT2D eigenvalue weighted by Crippen LogP contribution is 2.19. The Morgan fingerprint density at radius 3 is 2.76 bits per heavy atom. The number of aryl methyl sites for hydroxylation is 1. The largest absolute Gasteiger partial charge is 0.396 e. The number of nitrogens with two attached hydrogens (primary N) is 1. The zero-order valence-electron chi connectivity index (χ0n) is 9.75. The van der Waals surface area contributed by atoms with Gasteiger partial charge in [-0.1, -0.05) is 6.07 Å². The van der Waals surface area contributed by atoms with Crippen molar-refractivity contribution in [1.29, 1.82) is 0 Å². The van der Waals surface area contributed by atoms with Crippen molar-refractivity contribution in [3.8, 4) is 5.82 Å². The van der Waals surface area contributed by atoms with Gasteiger partial charge < -0.3 is 5.73 Å². The molecule has 5 nitrogen and oxygen atoms in total. The SMILES string of the molecule is Cc1nn(-c2cccc3nccn23)c(C)c1N. The number of rotatable bonds is 1. The van der Waals surface area contributed by atoms with E-state index in [1.807, 2.05) is 47.3 Å². The molecule has 17 heavy (non-hydrogen) atoms. The average Bonchev–Trinajstić information content (AvgIpc) is 2.89. The first-order valence-electron chi connectivity index (χ1n) is 5.42. The summed E-state index contributed by atoms with van der Waals surface area (Å²) in [6.45, 7) is 3.87. The predicted octanol–water partition coefficient (Wildman–Crippen LogP) is 1.72. The Hall–Kier alpha value is -2.30. The average molecular weight is 227 g/mol. The van der Waals surface area contributed by atoms with E-state index in [4.69, 9.17) is 5.73 Å². The maximum atomic E-state index is 5.95. The lowest BCUT2D eigenvalue weighted by Crippen LogP contribution is -2.05. The Labute approximate surface area is 98.5 Å². The number of fused-ring (bicyclic) bond motifs is 1. The quantitative estimate of drug-likeness (QED) is 0.688. The predicted molar refractivity (Wildman–Crippen MR) is 66.2 cm³/mol. The molecule has 2 N–H and O–H groups in total. The topological polar surface area (TPSA) is 61.1 Å². The molecule has 0 fully saturated rings. The van der Waals surface area contributed by atoms with Gasteiger partial charge in [-0.05, 0) is 26.0 Å². The van der Waals surface area contributed by atoms with Crippen LogP contribution < -0.4 is 5.73 Å². The minimum atomic E-state index is 0.738. The molecule has 3 rings (SSSR count). The summed E-state index contributed by atoms with van der Waals surface area (Å²) in [6, 6.07) is 5.91. The van der Waals surface area contributed by atoms with Crippen molar-refractivity contribution in [2.75, 3.05) is 5.73 Å². The number of nitrogen functional groups attached to an aromatic ring is 1. The van der Waals surface area contributed by atoms with E-state index >= 15 is 0 Å². The molecule has 0 aromatic carbocycles. The van der Waals surface area contributed by atoms with Gasteiger partial charge in [0.1, 0.15) is 11.5 Å². The first kappa shape index (κ1) is 9.89. The highest BCUT2D eigenvalue weighted by Gasteiger charge is 2.11. The van der Waals surface area contributed by atoms with Crippen molar-refractivity contribution in [1.82, 2.24) is 19.2 Å². The van der Waals surface area contributed by atoms with Gasteiger partial charge in [-0.25, -0.2) is 9.67 Å². The second kappa shape index (κ2) is 3.35. The van der Waals surface area contributed by atoms with Crippen LogP contribution in [0.2, 0.25) is 0 Å². The number of nitrogens with zero attached hydrogens (tertiary/aromatic N) is 4. The Kier molecular flexibility index (Phi) is 1.95. The molecular weight excluding hydrogens is 214 g/mol. The molecule has 0 saturated heterocycles. The van der Waals surface area contributed by atoms with E-state index in [2.05, 4.69) is 10.1 Å². The molecule has 0 radical (unpaired) electrons. The van der Waals surface area contributed by atoms with Crippen LogP contribution in [0.1, 0.15) is 11.4 Å². The molecule has 3 aromatic rings. The summed E-state index contributed by atoms with van der Waals surface area (Å²) in [5.41, 5.74) is 9.38. The number of hydrogen-bond donors (Lipinski definition) is 1. The van der Waals surface area contributed by atoms with Crippen molar-refractivity contribution >= 4 is 11.3 Å². The fourth-order valence-electron chi connectivity index (χ4n) is 1.98. The van der Waals surface area contributed by atoms with E-state index in [1.165, 1.54) is 0 Å². The molecule has 0 saturated carbocycles. The summed E-state index contributed by atoms with van der Waals surface area (Å²) >= 11 is 0. The molecule has 0 atom stereocenters. The zero-order valence-corrected chi connectivity index (χ0v) is 9.75. The molecule has 0 aliphatic heterocycles. The van der Waals surface area contributed by atoms with Crippen LogP contribution in [0.5, 0.6) is 0 Å².